The fourth-order valence-corrected chi connectivity index (χ4v) is 4.13. The minimum absolute atomic E-state index is 0.265. The number of hydrogen-bond acceptors (Lipinski definition) is 5. The SMILES string of the molecule is Nc1cc2c(-c3cc(C(=O)Nc4cccc(Oc5ccccc5)c4)c4[nH]ncc4c3)c[nH]c2cn1. The topological polar surface area (TPSA) is 122 Å². The smallest absolute Gasteiger partial charge is 0.257 e. The number of H-pyrrole nitrogens is 2. The summed E-state index contributed by atoms with van der Waals surface area (Å²) in [7, 11) is 0. The summed E-state index contributed by atoms with van der Waals surface area (Å²) in [5.41, 5.74) is 10.3. The zero-order valence-electron chi connectivity index (χ0n) is 18.4. The molecule has 35 heavy (non-hydrogen) atoms. The molecule has 8 nitrogen and oxygen atoms in total. The first kappa shape index (κ1) is 20.5. The molecule has 0 atom stereocenters. The minimum atomic E-state index is -0.265. The van der Waals surface area contributed by atoms with Crippen LogP contribution in [0.15, 0.2) is 91.4 Å². The number of benzene rings is 3. The lowest BCUT2D eigenvalue weighted by Gasteiger charge is -2.11. The van der Waals surface area contributed by atoms with Crippen molar-refractivity contribution in [3.05, 3.63) is 97.0 Å². The highest BCUT2D eigenvalue weighted by atomic mass is 16.5. The number of amides is 1. The highest BCUT2D eigenvalue weighted by Gasteiger charge is 2.17. The molecular weight excluding hydrogens is 440 g/mol. The van der Waals surface area contributed by atoms with Crippen molar-refractivity contribution in [2.24, 2.45) is 0 Å². The summed E-state index contributed by atoms with van der Waals surface area (Å²) >= 11 is 0. The van der Waals surface area contributed by atoms with Crippen molar-refractivity contribution in [2.75, 3.05) is 11.1 Å². The predicted molar refractivity (Wildman–Crippen MR) is 137 cm³/mol. The normalized spacial score (nSPS) is 11.1. The molecule has 0 aliphatic rings. The van der Waals surface area contributed by atoms with Crippen LogP contribution < -0.4 is 15.8 Å². The number of carbonyl (C=O) groups is 1. The van der Waals surface area contributed by atoms with E-state index in [4.69, 9.17) is 10.5 Å². The van der Waals surface area contributed by atoms with Crippen LogP contribution in [0.4, 0.5) is 11.5 Å². The van der Waals surface area contributed by atoms with Crippen LogP contribution in [-0.4, -0.2) is 26.1 Å². The van der Waals surface area contributed by atoms with Gasteiger partial charge in [-0.1, -0.05) is 24.3 Å². The number of fused-ring (bicyclic) bond motifs is 2. The first-order valence-electron chi connectivity index (χ1n) is 11.0. The van der Waals surface area contributed by atoms with Crippen LogP contribution >= 0.6 is 0 Å². The van der Waals surface area contributed by atoms with E-state index in [1.54, 1.807) is 18.5 Å². The second kappa shape index (κ2) is 8.35. The summed E-state index contributed by atoms with van der Waals surface area (Å²) in [6.45, 7) is 0. The van der Waals surface area contributed by atoms with Gasteiger partial charge in [-0.3, -0.25) is 9.89 Å². The summed E-state index contributed by atoms with van der Waals surface area (Å²) in [5, 5.41) is 11.8. The van der Waals surface area contributed by atoms with Gasteiger partial charge in [-0.15, -0.1) is 0 Å². The van der Waals surface area contributed by atoms with E-state index in [1.165, 1.54) is 0 Å². The van der Waals surface area contributed by atoms with E-state index in [-0.39, 0.29) is 5.91 Å². The monoisotopic (exact) mass is 460 g/mol. The Morgan fingerprint density at radius 1 is 0.943 bits per heavy atom. The first-order chi connectivity index (χ1) is 17.1. The third-order valence-corrected chi connectivity index (χ3v) is 5.76. The number of rotatable bonds is 5. The summed E-state index contributed by atoms with van der Waals surface area (Å²) in [4.78, 5) is 20.8. The van der Waals surface area contributed by atoms with Crippen molar-refractivity contribution in [1.29, 1.82) is 0 Å². The molecule has 5 N–H and O–H groups in total. The maximum atomic E-state index is 13.4. The molecule has 170 valence electrons. The van der Waals surface area contributed by atoms with Crippen molar-refractivity contribution in [3.63, 3.8) is 0 Å². The molecule has 0 saturated carbocycles. The van der Waals surface area contributed by atoms with E-state index in [2.05, 4.69) is 25.5 Å². The van der Waals surface area contributed by atoms with Gasteiger partial charge in [0.05, 0.1) is 29.0 Å². The van der Waals surface area contributed by atoms with Gasteiger partial charge in [0, 0.05) is 34.3 Å². The predicted octanol–water partition coefficient (Wildman–Crippen LogP) is 5.73. The maximum absolute atomic E-state index is 13.4. The Hall–Kier alpha value is -5.11. The Morgan fingerprint density at radius 3 is 2.69 bits per heavy atom. The first-order valence-corrected chi connectivity index (χ1v) is 11.0. The van der Waals surface area contributed by atoms with Crippen molar-refractivity contribution < 1.29 is 9.53 Å². The molecule has 0 aliphatic heterocycles. The summed E-state index contributed by atoms with van der Waals surface area (Å²) in [6.07, 6.45) is 5.29. The fourth-order valence-electron chi connectivity index (χ4n) is 4.13. The lowest BCUT2D eigenvalue weighted by molar-refractivity contribution is 0.102. The second-order valence-corrected chi connectivity index (χ2v) is 8.11. The lowest BCUT2D eigenvalue weighted by atomic mass is 10.00. The average Bonchev–Trinajstić information content (AvgIpc) is 3.51. The highest BCUT2D eigenvalue weighted by molar-refractivity contribution is 6.13. The van der Waals surface area contributed by atoms with Crippen molar-refractivity contribution in [2.45, 2.75) is 0 Å². The number of aromatic nitrogens is 4. The van der Waals surface area contributed by atoms with Crippen molar-refractivity contribution in [1.82, 2.24) is 20.2 Å². The highest BCUT2D eigenvalue weighted by Crippen LogP contribution is 2.33. The van der Waals surface area contributed by atoms with Gasteiger partial charge in [0.25, 0.3) is 5.91 Å². The number of anilines is 2. The van der Waals surface area contributed by atoms with Gasteiger partial charge >= 0.3 is 0 Å². The quantitative estimate of drug-likeness (QED) is 0.262. The number of nitrogens with two attached hydrogens (primary N) is 1. The fraction of sp³-hybridized carbons (Fsp3) is 0. The molecular formula is C27H20N6O2. The molecule has 0 radical (unpaired) electrons. The lowest BCUT2D eigenvalue weighted by Crippen LogP contribution is -2.12. The molecule has 0 saturated heterocycles. The van der Waals surface area contributed by atoms with Gasteiger partial charge in [0.15, 0.2) is 0 Å². The number of pyridine rings is 1. The number of ether oxygens (including phenoxy) is 1. The van der Waals surface area contributed by atoms with Gasteiger partial charge in [-0.05, 0) is 48.0 Å². The number of aromatic amines is 2. The van der Waals surface area contributed by atoms with Crippen LogP contribution in [0.1, 0.15) is 10.4 Å². The summed E-state index contributed by atoms with van der Waals surface area (Å²) < 4.78 is 5.90. The zero-order valence-corrected chi connectivity index (χ0v) is 18.4. The van der Waals surface area contributed by atoms with Gasteiger partial charge in [-0.2, -0.15) is 5.10 Å². The number of nitrogens with zero attached hydrogens (tertiary/aromatic N) is 2. The Morgan fingerprint density at radius 2 is 1.80 bits per heavy atom. The zero-order chi connectivity index (χ0) is 23.8. The largest absolute Gasteiger partial charge is 0.457 e. The molecule has 8 heteroatoms. The Balaban J connectivity index is 1.35. The molecule has 0 bridgehead atoms. The van der Waals surface area contributed by atoms with Crippen LogP contribution in [0.2, 0.25) is 0 Å². The molecule has 0 unspecified atom stereocenters. The molecule has 0 aliphatic carbocycles. The Bertz CT molecular complexity index is 1690. The van der Waals surface area contributed by atoms with Gasteiger partial charge in [-0.25, -0.2) is 4.98 Å². The molecule has 3 aromatic carbocycles. The Labute approximate surface area is 199 Å². The van der Waals surface area contributed by atoms with Gasteiger partial charge < -0.3 is 20.8 Å². The van der Waals surface area contributed by atoms with E-state index in [0.717, 1.165) is 33.2 Å². The van der Waals surface area contributed by atoms with Crippen molar-refractivity contribution >= 4 is 39.2 Å². The summed E-state index contributed by atoms with van der Waals surface area (Å²) in [5.74, 6) is 1.51. The Kier molecular flexibility index (Phi) is 4.89. The standard InChI is InChI=1S/C27H20N6O2/c28-25-12-21-23(14-29-24(21)15-30-25)16-9-17-13-31-33-26(17)22(10-16)27(34)32-18-5-4-8-20(11-18)35-19-6-2-1-3-7-19/h1-15,29H,(H2,28,30)(H,31,33)(H,32,34). The van der Waals surface area contributed by atoms with Crippen LogP contribution in [0.25, 0.3) is 32.9 Å². The third kappa shape index (κ3) is 3.93. The maximum Gasteiger partial charge on any atom is 0.257 e. The molecule has 0 spiro atoms. The summed E-state index contributed by atoms with van der Waals surface area (Å²) in [6, 6.07) is 22.4. The second-order valence-electron chi connectivity index (χ2n) is 8.11. The molecule has 6 rings (SSSR count). The number of nitrogens with one attached hydrogen (secondary N) is 3. The molecule has 6 aromatic rings. The van der Waals surface area contributed by atoms with Crippen LogP contribution in [-0.2, 0) is 0 Å². The van der Waals surface area contributed by atoms with E-state index >= 15 is 0 Å². The van der Waals surface area contributed by atoms with E-state index in [1.807, 2.05) is 72.9 Å². The molecule has 3 aromatic heterocycles. The van der Waals surface area contributed by atoms with Gasteiger partial charge in [0.2, 0.25) is 0 Å². The van der Waals surface area contributed by atoms with Crippen LogP contribution in [0.5, 0.6) is 11.5 Å². The molecule has 3 heterocycles. The molecule has 0 fully saturated rings. The van der Waals surface area contributed by atoms with E-state index in [0.29, 0.717) is 28.3 Å². The van der Waals surface area contributed by atoms with Crippen LogP contribution in [0.3, 0.4) is 0 Å². The average molecular weight is 460 g/mol. The number of hydrogen-bond donors (Lipinski definition) is 4. The van der Waals surface area contributed by atoms with Crippen LogP contribution in [0, 0.1) is 0 Å². The van der Waals surface area contributed by atoms with E-state index < -0.39 is 0 Å². The third-order valence-electron chi connectivity index (χ3n) is 5.76. The van der Waals surface area contributed by atoms with E-state index in [9.17, 15) is 4.79 Å². The number of para-hydroxylation sites is 1. The van der Waals surface area contributed by atoms with Gasteiger partial charge in [0.1, 0.15) is 17.3 Å². The number of nitrogen functional groups attached to an aromatic ring is 1. The minimum Gasteiger partial charge on any atom is -0.457 e. The van der Waals surface area contributed by atoms with Crippen molar-refractivity contribution in [3.8, 4) is 22.6 Å². The molecule has 1 amide bonds. The number of carbonyl (C=O) groups excluding carboxylic acids is 1.